The second-order valence-electron chi connectivity index (χ2n) is 4.90. The summed E-state index contributed by atoms with van der Waals surface area (Å²) in [5.74, 6) is 1.67. The predicted octanol–water partition coefficient (Wildman–Crippen LogP) is 2.10. The molecule has 0 saturated heterocycles. The maximum absolute atomic E-state index is 5.73. The van der Waals surface area contributed by atoms with Gasteiger partial charge in [-0.1, -0.05) is 6.07 Å². The standard InChI is InChI=1S/C14H18N4/c1-10-16-12-6-2-3-7-13(12)18(10)9-11-5-4-8-14(15)17-11/h4-5,8H,2-3,6-7,9H2,1H3,(H2,15,17). The lowest BCUT2D eigenvalue weighted by atomic mass is 10.0. The van der Waals surface area contributed by atoms with Crippen LogP contribution in [0, 0.1) is 6.92 Å². The normalized spacial score (nSPS) is 14.5. The van der Waals surface area contributed by atoms with Crippen LogP contribution < -0.4 is 5.73 Å². The van der Waals surface area contributed by atoms with Gasteiger partial charge in [0.15, 0.2) is 0 Å². The average molecular weight is 242 g/mol. The van der Waals surface area contributed by atoms with Crippen molar-refractivity contribution in [1.29, 1.82) is 0 Å². The van der Waals surface area contributed by atoms with Crippen molar-refractivity contribution in [3.05, 3.63) is 41.1 Å². The Morgan fingerprint density at radius 2 is 2.06 bits per heavy atom. The lowest BCUT2D eigenvalue weighted by Crippen LogP contribution is -2.11. The topological polar surface area (TPSA) is 56.7 Å². The number of anilines is 1. The van der Waals surface area contributed by atoms with E-state index in [1.807, 2.05) is 18.2 Å². The number of hydrogen-bond donors (Lipinski definition) is 1. The third-order valence-electron chi connectivity index (χ3n) is 3.57. The van der Waals surface area contributed by atoms with Gasteiger partial charge in [0.25, 0.3) is 0 Å². The van der Waals surface area contributed by atoms with Crippen molar-refractivity contribution < 1.29 is 0 Å². The summed E-state index contributed by atoms with van der Waals surface area (Å²) in [6.45, 7) is 2.85. The van der Waals surface area contributed by atoms with Crippen LogP contribution in [0.5, 0.6) is 0 Å². The molecule has 4 heteroatoms. The molecule has 0 aromatic carbocycles. The highest BCUT2D eigenvalue weighted by atomic mass is 15.1. The molecular weight excluding hydrogens is 224 g/mol. The summed E-state index contributed by atoms with van der Waals surface area (Å²) in [5, 5.41) is 0. The van der Waals surface area contributed by atoms with Crippen LogP contribution >= 0.6 is 0 Å². The van der Waals surface area contributed by atoms with Gasteiger partial charge in [-0.25, -0.2) is 9.97 Å². The lowest BCUT2D eigenvalue weighted by molar-refractivity contribution is 0.620. The third kappa shape index (κ3) is 1.98. The number of aryl methyl sites for hydroxylation is 2. The van der Waals surface area contributed by atoms with E-state index in [4.69, 9.17) is 5.73 Å². The van der Waals surface area contributed by atoms with Crippen LogP contribution in [0.3, 0.4) is 0 Å². The van der Waals surface area contributed by atoms with Gasteiger partial charge in [-0.15, -0.1) is 0 Å². The molecule has 0 amide bonds. The Bertz CT molecular complexity index is 571. The molecule has 2 aromatic heterocycles. The Hall–Kier alpha value is -1.84. The number of nitrogens with two attached hydrogens (primary N) is 1. The average Bonchev–Trinajstić information content (AvgIpc) is 2.66. The quantitative estimate of drug-likeness (QED) is 0.877. The fourth-order valence-corrected chi connectivity index (χ4v) is 2.69. The third-order valence-corrected chi connectivity index (χ3v) is 3.57. The maximum Gasteiger partial charge on any atom is 0.123 e. The fraction of sp³-hybridized carbons (Fsp3) is 0.429. The fourth-order valence-electron chi connectivity index (χ4n) is 2.69. The summed E-state index contributed by atoms with van der Waals surface area (Å²) in [5.41, 5.74) is 9.40. The largest absolute Gasteiger partial charge is 0.384 e. The highest BCUT2D eigenvalue weighted by molar-refractivity contribution is 5.29. The minimum Gasteiger partial charge on any atom is -0.384 e. The zero-order valence-electron chi connectivity index (χ0n) is 10.7. The second-order valence-corrected chi connectivity index (χ2v) is 4.90. The number of rotatable bonds is 2. The van der Waals surface area contributed by atoms with E-state index in [0.717, 1.165) is 30.9 Å². The van der Waals surface area contributed by atoms with E-state index < -0.39 is 0 Å². The number of nitrogens with zero attached hydrogens (tertiary/aromatic N) is 3. The maximum atomic E-state index is 5.73. The molecule has 2 aromatic rings. The Morgan fingerprint density at radius 1 is 1.22 bits per heavy atom. The molecule has 0 atom stereocenters. The van der Waals surface area contributed by atoms with Crippen molar-refractivity contribution in [3.8, 4) is 0 Å². The molecule has 94 valence electrons. The summed E-state index contributed by atoms with van der Waals surface area (Å²) >= 11 is 0. The highest BCUT2D eigenvalue weighted by Gasteiger charge is 2.18. The van der Waals surface area contributed by atoms with Crippen LogP contribution in [-0.2, 0) is 19.4 Å². The molecule has 18 heavy (non-hydrogen) atoms. The van der Waals surface area contributed by atoms with Crippen LogP contribution in [0.4, 0.5) is 5.82 Å². The first kappa shape index (κ1) is 11.3. The van der Waals surface area contributed by atoms with Crippen LogP contribution in [0.1, 0.15) is 35.7 Å². The molecule has 0 aliphatic heterocycles. The van der Waals surface area contributed by atoms with Crippen LogP contribution in [0.15, 0.2) is 18.2 Å². The van der Waals surface area contributed by atoms with Crippen molar-refractivity contribution in [2.24, 2.45) is 0 Å². The van der Waals surface area contributed by atoms with Crippen LogP contribution in [0.2, 0.25) is 0 Å². The summed E-state index contributed by atoms with van der Waals surface area (Å²) in [6.07, 6.45) is 4.79. The van der Waals surface area contributed by atoms with Gasteiger partial charge >= 0.3 is 0 Å². The van der Waals surface area contributed by atoms with Gasteiger partial charge in [0.1, 0.15) is 11.6 Å². The van der Waals surface area contributed by atoms with Gasteiger partial charge in [0, 0.05) is 5.69 Å². The summed E-state index contributed by atoms with van der Waals surface area (Å²) in [6, 6.07) is 5.79. The number of aromatic nitrogens is 3. The first-order valence-electron chi connectivity index (χ1n) is 6.50. The van der Waals surface area contributed by atoms with Gasteiger partial charge in [-0.2, -0.15) is 0 Å². The number of pyridine rings is 1. The molecule has 0 fully saturated rings. The summed E-state index contributed by atoms with van der Waals surface area (Å²) < 4.78 is 2.29. The highest BCUT2D eigenvalue weighted by Crippen LogP contribution is 2.22. The van der Waals surface area contributed by atoms with E-state index in [-0.39, 0.29) is 0 Å². The molecule has 4 nitrogen and oxygen atoms in total. The first-order valence-corrected chi connectivity index (χ1v) is 6.50. The van der Waals surface area contributed by atoms with Crippen molar-refractivity contribution in [2.75, 3.05) is 5.73 Å². The van der Waals surface area contributed by atoms with E-state index in [9.17, 15) is 0 Å². The number of nitrogen functional groups attached to an aromatic ring is 1. The van der Waals surface area contributed by atoms with Crippen molar-refractivity contribution >= 4 is 5.82 Å². The van der Waals surface area contributed by atoms with E-state index in [0.29, 0.717) is 5.82 Å². The lowest BCUT2D eigenvalue weighted by Gasteiger charge is -2.14. The minimum absolute atomic E-state index is 0.583. The van der Waals surface area contributed by atoms with E-state index in [1.165, 1.54) is 24.2 Å². The van der Waals surface area contributed by atoms with Crippen LogP contribution in [-0.4, -0.2) is 14.5 Å². The van der Waals surface area contributed by atoms with Gasteiger partial charge < -0.3 is 10.3 Å². The monoisotopic (exact) mass is 242 g/mol. The number of hydrogen-bond acceptors (Lipinski definition) is 3. The molecule has 0 radical (unpaired) electrons. The SMILES string of the molecule is Cc1nc2c(n1Cc1cccc(N)n1)CCCC2. The Morgan fingerprint density at radius 3 is 2.89 bits per heavy atom. The molecule has 0 bridgehead atoms. The smallest absolute Gasteiger partial charge is 0.123 e. The van der Waals surface area contributed by atoms with Gasteiger partial charge in [-0.3, -0.25) is 0 Å². The molecule has 2 N–H and O–H groups in total. The van der Waals surface area contributed by atoms with Crippen molar-refractivity contribution in [1.82, 2.24) is 14.5 Å². The Balaban J connectivity index is 1.95. The molecule has 0 unspecified atom stereocenters. The van der Waals surface area contributed by atoms with Crippen molar-refractivity contribution in [2.45, 2.75) is 39.2 Å². The zero-order valence-corrected chi connectivity index (χ0v) is 10.7. The van der Waals surface area contributed by atoms with E-state index in [2.05, 4.69) is 21.5 Å². The Labute approximate surface area is 107 Å². The second kappa shape index (κ2) is 4.44. The number of imidazole rings is 1. The van der Waals surface area contributed by atoms with Crippen LogP contribution in [0.25, 0.3) is 0 Å². The van der Waals surface area contributed by atoms with Gasteiger partial charge in [-0.05, 0) is 44.7 Å². The molecule has 0 spiro atoms. The minimum atomic E-state index is 0.583. The zero-order chi connectivity index (χ0) is 12.5. The molecular formula is C14H18N4. The summed E-state index contributed by atoms with van der Waals surface area (Å²) in [7, 11) is 0. The van der Waals surface area contributed by atoms with Gasteiger partial charge in [0.2, 0.25) is 0 Å². The summed E-state index contributed by atoms with van der Waals surface area (Å²) in [4.78, 5) is 9.04. The molecule has 1 aliphatic rings. The van der Waals surface area contributed by atoms with E-state index in [1.54, 1.807) is 0 Å². The molecule has 3 rings (SSSR count). The molecule has 0 saturated carbocycles. The predicted molar refractivity (Wildman–Crippen MR) is 71.4 cm³/mol. The molecule has 2 heterocycles. The first-order chi connectivity index (χ1) is 8.74. The van der Waals surface area contributed by atoms with Crippen molar-refractivity contribution in [3.63, 3.8) is 0 Å². The van der Waals surface area contributed by atoms with Gasteiger partial charge in [0.05, 0.1) is 17.9 Å². The number of fused-ring (bicyclic) bond motifs is 1. The van der Waals surface area contributed by atoms with E-state index >= 15 is 0 Å². The Kier molecular flexibility index (Phi) is 2.78. The molecule has 1 aliphatic carbocycles.